The van der Waals surface area contributed by atoms with Crippen molar-refractivity contribution in [2.45, 2.75) is 115 Å². The number of carbonyl (C=O) groups excluding carboxylic acids is 1. The Morgan fingerprint density at radius 1 is 1.00 bits per heavy atom. The number of aliphatic hydroxyl groups excluding tert-OH is 2. The Bertz CT molecular complexity index is 1330. The van der Waals surface area contributed by atoms with Crippen LogP contribution < -0.4 is 14.9 Å². The molecule has 8 nitrogen and oxygen atoms in total. The molecule has 5 fully saturated rings. The molecule has 4 N–H and O–H groups in total. The molecule has 0 spiro atoms. The summed E-state index contributed by atoms with van der Waals surface area (Å²) in [6.07, 6.45) is 10.9. The Kier molecular flexibility index (Phi) is 9.29. The van der Waals surface area contributed by atoms with Crippen LogP contribution in [0, 0.1) is 52.3 Å². The Morgan fingerprint density at radius 3 is 2.44 bits per heavy atom. The normalized spacial score (nSPS) is 40.5. The highest BCUT2D eigenvalue weighted by molar-refractivity contribution is 7.90. The quantitative estimate of drug-likeness (QED) is 0.293. The summed E-state index contributed by atoms with van der Waals surface area (Å²) < 4.78 is 28.6. The number of piperidine rings is 1. The topological polar surface area (TPSA) is 119 Å². The number of sulfonamides is 1. The molecule has 45 heavy (non-hydrogen) atoms. The average molecular weight is 644 g/mol. The van der Waals surface area contributed by atoms with Gasteiger partial charge in [0.25, 0.3) is 10.0 Å². The molecule has 4 saturated carbocycles. The van der Waals surface area contributed by atoms with Crippen LogP contribution in [0.2, 0.25) is 0 Å². The predicted octanol–water partition coefficient (Wildman–Crippen LogP) is 5.93. The molecular formula is C36H57N3O5S. The summed E-state index contributed by atoms with van der Waals surface area (Å²) in [4.78, 5) is 15.2. The molecule has 1 unspecified atom stereocenters. The third-order valence-electron chi connectivity index (χ3n) is 13.8. The first kappa shape index (κ1) is 33.1. The van der Waals surface area contributed by atoms with Gasteiger partial charge in [-0.25, -0.2) is 17.9 Å². The number of rotatable bonds is 7. The van der Waals surface area contributed by atoms with Gasteiger partial charge in [-0.15, -0.1) is 0 Å². The van der Waals surface area contributed by atoms with E-state index in [4.69, 9.17) is 0 Å². The van der Waals surface area contributed by atoms with E-state index in [1.54, 1.807) is 18.2 Å². The van der Waals surface area contributed by atoms with E-state index in [9.17, 15) is 23.4 Å². The Balaban J connectivity index is 1.10. The lowest BCUT2D eigenvalue weighted by Gasteiger charge is -2.64. The minimum absolute atomic E-state index is 0.0797. The van der Waals surface area contributed by atoms with E-state index in [1.165, 1.54) is 6.42 Å². The van der Waals surface area contributed by atoms with Crippen molar-refractivity contribution in [3.8, 4) is 0 Å². The highest BCUT2D eigenvalue weighted by Crippen LogP contribution is 2.69. The number of urea groups is 1. The highest BCUT2D eigenvalue weighted by atomic mass is 32.2. The van der Waals surface area contributed by atoms with Crippen LogP contribution in [0.25, 0.3) is 0 Å². The molecule has 1 saturated heterocycles. The Morgan fingerprint density at radius 2 is 1.71 bits per heavy atom. The lowest BCUT2D eigenvalue weighted by molar-refractivity contribution is -0.203. The van der Waals surface area contributed by atoms with E-state index in [0.717, 1.165) is 83.0 Å². The van der Waals surface area contributed by atoms with Gasteiger partial charge in [0.15, 0.2) is 0 Å². The van der Waals surface area contributed by atoms with Crippen LogP contribution in [0.1, 0.15) is 98.3 Å². The number of fused-ring (bicyclic) bond motifs is 5. The number of aliphatic hydroxyl groups is 2. The highest BCUT2D eigenvalue weighted by Gasteiger charge is 2.64. The van der Waals surface area contributed by atoms with Crippen molar-refractivity contribution < 1.29 is 23.4 Å². The number of hydrogen-bond donors (Lipinski definition) is 4. The molecule has 1 aromatic carbocycles. The molecule has 6 rings (SSSR count). The van der Waals surface area contributed by atoms with E-state index in [1.807, 2.05) is 6.07 Å². The fourth-order valence-electron chi connectivity index (χ4n) is 11.5. The van der Waals surface area contributed by atoms with Crippen LogP contribution >= 0.6 is 0 Å². The number of amides is 2. The second kappa shape index (κ2) is 12.6. The average Bonchev–Trinajstić information content (AvgIpc) is 3.38. The summed E-state index contributed by atoms with van der Waals surface area (Å²) in [6.45, 7) is 11.5. The van der Waals surface area contributed by atoms with Crippen LogP contribution in [0.15, 0.2) is 29.2 Å². The van der Waals surface area contributed by atoms with Gasteiger partial charge in [-0.2, -0.15) is 0 Å². The fourth-order valence-corrected chi connectivity index (χ4v) is 12.5. The molecule has 2 amide bonds. The van der Waals surface area contributed by atoms with Gasteiger partial charge >= 0.3 is 6.03 Å². The van der Waals surface area contributed by atoms with Gasteiger partial charge in [-0.1, -0.05) is 40.2 Å². The third-order valence-corrected chi connectivity index (χ3v) is 15.1. The summed E-state index contributed by atoms with van der Waals surface area (Å²) in [6, 6.07) is 6.21. The van der Waals surface area contributed by atoms with Gasteiger partial charge in [0.2, 0.25) is 0 Å². The van der Waals surface area contributed by atoms with Gasteiger partial charge in [-0.3, -0.25) is 0 Å². The number of anilines is 1. The van der Waals surface area contributed by atoms with Crippen molar-refractivity contribution >= 4 is 21.7 Å². The van der Waals surface area contributed by atoms with Gasteiger partial charge in [0, 0.05) is 25.3 Å². The van der Waals surface area contributed by atoms with Crippen LogP contribution in [0.4, 0.5) is 10.5 Å². The second-order valence-corrected chi connectivity index (χ2v) is 17.6. The molecule has 9 heteroatoms. The summed E-state index contributed by atoms with van der Waals surface area (Å²) in [5.74, 6) is 2.41. The van der Waals surface area contributed by atoms with Crippen molar-refractivity contribution in [3.63, 3.8) is 0 Å². The molecule has 0 bridgehead atoms. The molecule has 5 aliphatic rings. The van der Waals surface area contributed by atoms with Crippen LogP contribution in [-0.4, -0.2) is 56.5 Å². The summed E-state index contributed by atoms with van der Waals surface area (Å²) in [5.41, 5.74) is 1.13. The zero-order valence-corrected chi connectivity index (χ0v) is 28.7. The zero-order valence-electron chi connectivity index (χ0n) is 27.9. The van der Waals surface area contributed by atoms with Gasteiger partial charge in [0.1, 0.15) is 0 Å². The minimum Gasteiger partial charge on any atom is -0.393 e. The number of nitrogens with zero attached hydrogens (tertiary/aromatic N) is 1. The van der Waals surface area contributed by atoms with Crippen LogP contribution in [0.5, 0.6) is 0 Å². The van der Waals surface area contributed by atoms with Gasteiger partial charge in [-0.05, 0) is 135 Å². The van der Waals surface area contributed by atoms with E-state index >= 15 is 0 Å². The lowest BCUT2D eigenvalue weighted by atomic mass is 9.41. The van der Waals surface area contributed by atoms with Crippen molar-refractivity contribution in [1.82, 2.24) is 10.0 Å². The SMILES string of the molecule is CC[C@H]1[C@@H](O)[C@@H]2[C@H](CC[C@]3(C)[C@@H]([C@H](C)CNC(=O)NS(=O)(=O)c4cccc(N5CCCCC5)c4)CC[C@@H]23)C2(C)CC[C@@H](O)C[C@@H]12. The zero-order chi connectivity index (χ0) is 32.1. The number of carbonyl (C=O) groups is 1. The van der Waals surface area contributed by atoms with Crippen LogP contribution in [0.3, 0.4) is 0 Å². The molecule has 1 heterocycles. The molecule has 0 radical (unpaired) electrons. The second-order valence-electron chi connectivity index (χ2n) is 16.0. The summed E-state index contributed by atoms with van der Waals surface area (Å²) in [7, 11) is -4.00. The number of benzene rings is 1. The van der Waals surface area contributed by atoms with Crippen molar-refractivity contribution in [3.05, 3.63) is 24.3 Å². The lowest BCUT2D eigenvalue weighted by Crippen LogP contribution is -2.62. The first-order valence-corrected chi connectivity index (χ1v) is 19.4. The van der Waals surface area contributed by atoms with Crippen molar-refractivity contribution in [2.75, 3.05) is 24.5 Å². The monoisotopic (exact) mass is 643 g/mol. The maximum Gasteiger partial charge on any atom is 0.328 e. The Labute approximate surface area is 271 Å². The predicted molar refractivity (Wildman–Crippen MR) is 177 cm³/mol. The summed E-state index contributed by atoms with van der Waals surface area (Å²) >= 11 is 0. The standard InChI is InChI=1S/C36H57N3O5S/c1-5-27-31-21-25(40)14-16-36(31,4)30-15-17-35(3)28(12-13-29(35)32(30)33(27)41)23(2)22-37-34(42)38-45(43,44)26-11-9-10-24(20-26)39-18-7-6-8-19-39/h9-11,20,23,25,27-33,40-41H,5-8,12-19,21-22H2,1-4H3,(H2,37,38,42)/t23-,25-,27-,28-,29+,30+,31+,32+,33-,35-,36?/m1/s1. The fraction of sp³-hybridized carbons (Fsp3) is 0.806. The number of nitrogens with one attached hydrogen (secondary N) is 2. The Hall–Kier alpha value is -1.84. The van der Waals surface area contributed by atoms with Gasteiger partial charge in [0.05, 0.1) is 17.1 Å². The molecular weight excluding hydrogens is 586 g/mol. The first-order chi connectivity index (χ1) is 21.4. The van der Waals surface area contributed by atoms with Crippen molar-refractivity contribution in [2.24, 2.45) is 52.3 Å². The first-order valence-electron chi connectivity index (χ1n) is 17.9. The molecule has 4 aliphatic carbocycles. The molecule has 11 atom stereocenters. The summed E-state index contributed by atoms with van der Waals surface area (Å²) in [5, 5.41) is 25.4. The van der Waals surface area contributed by atoms with E-state index in [2.05, 4.69) is 42.6 Å². The molecule has 252 valence electrons. The maximum absolute atomic E-state index is 13.1. The van der Waals surface area contributed by atoms with Crippen LogP contribution in [-0.2, 0) is 10.0 Å². The molecule has 1 aromatic rings. The smallest absolute Gasteiger partial charge is 0.328 e. The van der Waals surface area contributed by atoms with E-state index in [0.29, 0.717) is 30.2 Å². The van der Waals surface area contributed by atoms with E-state index < -0.39 is 16.1 Å². The van der Waals surface area contributed by atoms with Gasteiger partial charge < -0.3 is 20.4 Å². The number of hydrogen-bond acceptors (Lipinski definition) is 6. The molecule has 1 aliphatic heterocycles. The minimum atomic E-state index is -4.00. The molecule has 0 aromatic heterocycles. The third kappa shape index (κ3) is 5.92. The largest absolute Gasteiger partial charge is 0.393 e. The maximum atomic E-state index is 13.1. The van der Waals surface area contributed by atoms with E-state index in [-0.39, 0.29) is 45.7 Å². The van der Waals surface area contributed by atoms with Crippen molar-refractivity contribution in [1.29, 1.82) is 0 Å².